The van der Waals surface area contributed by atoms with E-state index >= 15 is 0 Å². The monoisotopic (exact) mass is 197 g/mol. The van der Waals surface area contributed by atoms with Crippen LogP contribution >= 0.6 is 0 Å². The molecule has 1 heterocycles. The predicted octanol–water partition coefficient (Wildman–Crippen LogP) is 1.85. The fraction of sp³-hybridized carbons (Fsp3) is 0.600. The van der Waals surface area contributed by atoms with Gasteiger partial charge in [0, 0.05) is 12.6 Å². The Bertz CT molecular complexity index is 232. The molecule has 0 atom stereocenters. The molecule has 80 valence electrons. The van der Waals surface area contributed by atoms with Crippen LogP contribution in [0.2, 0.25) is 0 Å². The summed E-state index contributed by atoms with van der Waals surface area (Å²) < 4.78 is 0. The summed E-state index contributed by atoms with van der Waals surface area (Å²) in [6, 6.07) is 1.84. The highest BCUT2D eigenvalue weighted by Gasteiger charge is 1.98. The van der Waals surface area contributed by atoms with Crippen LogP contribution in [0.5, 0.6) is 0 Å². The van der Waals surface area contributed by atoms with Crippen LogP contribution in [0.15, 0.2) is 12.3 Å². The molecule has 0 bridgehead atoms. The van der Waals surface area contributed by atoms with Gasteiger partial charge in [0.1, 0.15) is 0 Å². The molecule has 14 heavy (non-hydrogen) atoms. The largest absolute Gasteiger partial charge is 0.350 e. The zero-order valence-corrected chi connectivity index (χ0v) is 9.13. The number of aromatic nitrogens is 2. The molecule has 0 aliphatic rings. The fourth-order valence-corrected chi connectivity index (χ4v) is 0.892. The molecule has 1 rings (SSSR count). The summed E-state index contributed by atoms with van der Waals surface area (Å²) in [7, 11) is 0. The van der Waals surface area contributed by atoms with Crippen molar-refractivity contribution in [3.63, 3.8) is 0 Å². The molecule has 4 nitrogen and oxygen atoms in total. The lowest BCUT2D eigenvalue weighted by Gasteiger charge is -2.00. The number of aromatic amines is 1. The van der Waals surface area contributed by atoms with Crippen molar-refractivity contribution in [3.8, 4) is 0 Å². The molecule has 0 fully saturated rings. The lowest BCUT2D eigenvalue weighted by atomic mass is 10.3. The van der Waals surface area contributed by atoms with E-state index in [1.807, 2.05) is 26.8 Å². The van der Waals surface area contributed by atoms with Gasteiger partial charge in [-0.2, -0.15) is 5.10 Å². The number of nitrogens with one attached hydrogen (secondary N) is 2. The number of H-pyrrole nitrogens is 1. The minimum absolute atomic E-state index is 0.0899. The van der Waals surface area contributed by atoms with Crippen LogP contribution in [-0.4, -0.2) is 16.1 Å². The van der Waals surface area contributed by atoms with Crippen molar-refractivity contribution in [2.75, 3.05) is 0 Å². The lowest BCUT2D eigenvalue weighted by molar-refractivity contribution is -0.121. The zero-order valence-electron chi connectivity index (χ0n) is 9.13. The molecule has 0 aromatic carbocycles. The summed E-state index contributed by atoms with van der Waals surface area (Å²) in [6.45, 7) is 6.52. The summed E-state index contributed by atoms with van der Waals surface area (Å²) in [5.41, 5.74) is 0.930. The molecule has 2 N–H and O–H groups in total. The van der Waals surface area contributed by atoms with Gasteiger partial charge in [0.2, 0.25) is 5.91 Å². The number of amides is 1. The molecule has 1 aromatic rings. The summed E-state index contributed by atoms with van der Waals surface area (Å²) in [6.07, 6.45) is 3.14. The zero-order chi connectivity index (χ0) is 10.8. The van der Waals surface area contributed by atoms with Crippen LogP contribution in [0, 0.1) is 0 Å². The van der Waals surface area contributed by atoms with Crippen LogP contribution in [-0.2, 0) is 11.3 Å². The Labute approximate surface area is 85.1 Å². The molecular formula is C10H19N3O. The maximum Gasteiger partial charge on any atom is 0.220 e. The Hall–Kier alpha value is -1.32. The van der Waals surface area contributed by atoms with E-state index in [0.29, 0.717) is 13.0 Å². The summed E-state index contributed by atoms with van der Waals surface area (Å²) >= 11 is 0. The third-order valence-corrected chi connectivity index (χ3v) is 1.51. The van der Waals surface area contributed by atoms with E-state index in [2.05, 4.69) is 15.5 Å². The van der Waals surface area contributed by atoms with Gasteiger partial charge in [-0.05, 0) is 12.5 Å². The van der Waals surface area contributed by atoms with Crippen LogP contribution in [0.3, 0.4) is 0 Å². The Morgan fingerprint density at radius 2 is 2.29 bits per heavy atom. The quantitative estimate of drug-likeness (QED) is 0.774. The van der Waals surface area contributed by atoms with Crippen molar-refractivity contribution < 1.29 is 4.79 Å². The van der Waals surface area contributed by atoms with Gasteiger partial charge in [-0.1, -0.05) is 20.8 Å². The molecule has 4 heteroatoms. The lowest BCUT2D eigenvalue weighted by Crippen LogP contribution is -2.22. The molecular weight excluding hydrogens is 178 g/mol. The molecule has 0 aliphatic carbocycles. The van der Waals surface area contributed by atoms with E-state index in [-0.39, 0.29) is 5.91 Å². The van der Waals surface area contributed by atoms with E-state index in [1.54, 1.807) is 6.20 Å². The van der Waals surface area contributed by atoms with Crippen molar-refractivity contribution in [1.82, 2.24) is 15.5 Å². The third-order valence-electron chi connectivity index (χ3n) is 1.51. The Balaban J connectivity index is 0.000000791. The van der Waals surface area contributed by atoms with E-state index in [4.69, 9.17) is 0 Å². The smallest absolute Gasteiger partial charge is 0.220 e. The Kier molecular flexibility index (Phi) is 7.50. The first-order chi connectivity index (χ1) is 6.83. The fourth-order valence-electron chi connectivity index (χ4n) is 0.892. The average Bonchev–Trinajstić information content (AvgIpc) is 2.71. The van der Waals surface area contributed by atoms with Gasteiger partial charge in [-0.3, -0.25) is 9.89 Å². The normalized spacial score (nSPS) is 8.79. The molecule has 0 saturated carbocycles. The SMILES string of the molecule is CC.CCCC(=O)NCc1ccn[nH]1. The maximum atomic E-state index is 11.0. The van der Waals surface area contributed by atoms with Crippen LogP contribution in [0.1, 0.15) is 39.3 Å². The number of hydrogen-bond acceptors (Lipinski definition) is 2. The minimum atomic E-state index is 0.0899. The van der Waals surface area contributed by atoms with Gasteiger partial charge in [-0.15, -0.1) is 0 Å². The van der Waals surface area contributed by atoms with E-state index in [1.165, 1.54) is 0 Å². The number of nitrogens with zero attached hydrogens (tertiary/aromatic N) is 1. The second-order valence-corrected chi connectivity index (χ2v) is 2.61. The van der Waals surface area contributed by atoms with Crippen molar-refractivity contribution in [1.29, 1.82) is 0 Å². The van der Waals surface area contributed by atoms with Crippen molar-refractivity contribution in [3.05, 3.63) is 18.0 Å². The highest BCUT2D eigenvalue weighted by atomic mass is 16.1. The highest BCUT2D eigenvalue weighted by Crippen LogP contribution is 1.91. The predicted molar refractivity (Wildman–Crippen MR) is 56.7 cm³/mol. The van der Waals surface area contributed by atoms with Crippen LogP contribution in [0.4, 0.5) is 0 Å². The molecule has 0 radical (unpaired) electrons. The molecule has 1 amide bonds. The number of rotatable bonds is 4. The first-order valence-corrected chi connectivity index (χ1v) is 5.08. The topological polar surface area (TPSA) is 57.8 Å². The van der Waals surface area contributed by atoms with Gasteiger partial charge < -0.3 is 5.32 Å². The average molecular weight is 197 g/mol. The van der Waals surface area contributed by atoms with Gasteiger partial charge in [0.15, 0.2) is 0 Å². The second-order valence-electron chi connectivity index (χ2n) is 2.61. The first kappa shape index (κ1) is 12.7. The molecule has 0 unspecified atom stereocenters. The maximum absolute atomic E-state index is 11.0. The van der Waals surface area contributed by atoms with E-state index in [9.17, 15) is 4.79 Å². The third kappa shape index (κ3) is 5.35. The number of carbonyl (C=O) groups is 1. The summed E-state index contributed by atoms with van der Waals surface area (Å²) in [4.78, 5) is 11.0. The Morgan fingerprint density at radius 3 is 2.79 bits per heavy atom. The van der Waals surface area contributed by atoms with E-state index < -0.39 is 0 Å². The first-order valence-electron chi connectivity index (χ1n) is 5.08. The van der Waals surface area contributed by atoms with Crippen LogP contribution < -0.4 is 5.32 Å². The highest BCUT2D eigenvalue weighted by molar-refractivity contribution is 5.75. The number of carbonyl (C=O) groups excluding carboxylic acids is 1. The summed E-state index contributed by atoms with van der Waals surface area (Å²) in [5, 5.41) is 9.32. The van der Waals surface area contributed by atoms with Gasteiger partial charge >= 0.3 is 0 Å². The molecule has 0 spiro atoms. The molecule has 0 aliphatic heterocycles. The molecule has 1 aromatic heterocycles. The minimum Gasteiger partial charge on any atom is -0.350 e. The van der Waals surface area contributed by atoms with E-state index in [0.717, 1.165) is 12.1 Å². The molecule has 0 saturated heterocycles. The number of hydrogen-bond donors (Lipinski definition) is 2. The van der Waals surface area contributed by atoms with Crippen molar-refractivity contribution in [2.24, 2.45) is 0 Å². The van der Waals surface area contributed by atoms with Crippen LogP contribution in [0.25, 0.3) is 0 Å². The second kappa shape index (κ2) is 8.29. The van der Waals surface area contributed by atoms with Gasteiger partial charge in [0.05, 0.1) is 12.2 Å². The summed E-state index contributed by atoms with van der Waals surface area (Å²) in [5.74, 6) is 0.0899. The van der Waals surface area contributed by atoms with Crippen molar-refractivity contribution in [2.45, 2.75) is 40.2 Å². The van der Waals surface area contributed by atoms with Gasteiger partial charge in [0.25, 0.3) is 0 Å². The van der Waals surface area contributed by atoms with Gasteiger partial charge in [-0.25, -0.2) is 0 Å². The Morgan fingerprint density at radius 1 is 1.57 bits per heavy atom. The standard InChI is InChI=1S/C8H13N3O.C2H6/c1-2-3-8(12)9-6-7-4-5-10-11-7;1-2/h4-5H,2-3,6H2,1H3,(H,9,12)(H,10,11);1-2H3. The van der Waals surface area contributed by atoms with Crippen molar-refractivity contribution >= 4 is 5.91 Å².